The number of hydrogen-bond donors (Lipinski definition) is 2. The standard InChI is InChI=1S/C14H19NOS/c1-10(11-4-2-3-5-11)15-14(16)12-6-8-13(17)9-7-12/h6-11,17H,2-5H2,1H3,(H,15,16). The van der Waals surface area contributed by atoms with Gasteiger partial charge in [0.2, 0.25) is 0 Å². The van der Waals surface area contributed by atoms with Gasteiger partial charge in [0, 0.05) is 16.5 Å². The van der Waals surface area contributed by atoms with E-state index in [0.717, 1.165) is 4.90 Å². The molecule has 0 saturated heterocycles. The molecule has 0 radical (unpaired) electrons. The van der Waals surface area contributed by atoms with E-state index >= 15 is 0 Å². The highest BCUT2D eigenvalue weighted by Crippen LogP contribution is 2.27. The molecule has 1 fully saturated rings. The van der Waals surface area contributed by atoms with Gasteiger partial charge < -0.3 is 5.32 Å². The minimum Gasteiger partial charge on any atom is -0.349 e. The van der Waals surface area contributed by atoms with Crippen LogP contribution in [0.25, 0.3) is 0 Å². The summed E-state index contributed by atoms with van der Waals surface area (Å²) in [4.78, 5) is 12.9. The van der Waals surface area contributed by atoms with Crippen molar-refractivity contribution in [2.75, 3.05) is 0 Å². The molecular weight excluding hydrogens is 230 g/mol. The summed E-state index contributed by atoms with van der Waals surface area (Å²) in [7, 11) is 0. The number of carbonyl (C=O) groups excluding carboxylic acids is 1. The Kier molecular flexibility index (Phi) is 4.11. The van der Waals surface area contributed by atoms with Crippen molar-refractivity contribution in [1.82, 2.24) is 5.32 Å². The molecule has 0 bridgehead atoms. The molecule has 0 aromatic heterocycles. The van der Waals surface area contributed by atoms with Gasteiger partial charge in [0.15, 0.2) is 0 Å². The molecule has 1 aromatic carbocycles. The topological polar surface area (TPSA) is 29.1 Å². The number of carbonyl (C=O) groups is 1. The molecule has 1 saturated carbocycles. The van der Waals surface area contributed by atoms with Gasteiger partial charge in [-0.1, -0.05) is 12.8 Å². The van der Waals surface area contributed by atoms with E-state index in [1.807, 2.05) is 24.3 Å². The molecule has 1 amide bonds. The van der Waals surface area contributed by atoms with Gasteiger partial charge in [-0.2, -0.15) is 0 Å². The average molecular weight is 249 g/mol. The van der Waals surface area contributed by atoms with Crippen molar-refractivity contribution in [2.24, 2.45) is 5.92 Å². The molecule has 1 aromatic rings. The van der Waals surface area contributed by atoms with Crippen molar-refractivity contribution in [3.63, 3.8) is 0 Å². The fraction of sp³-hybridized carbons (Fsp3) is 0.500. The smallest absolute Gasteiger partial charge is 0.251 e. The van der Waals surface area contributed by atoms with E-state index in [2.05, 4.69) is 24.9 Å². The Labute approximate surface area is 108 Å². The summed E-state index contributed by atoms with van der Waals surface area (Å²) in [6.45, 7) is 2.11. The van der Waals surface area contributed by atoms with Gasteiger partial charge in [-0.25, -0.2) is 0 Å². The first-order valence-corrected chi connectivity index (χ1v) is 6.71. The van der Waals surface area contributed by atoms with E-state index in [-0.39, 0.29) is 11.9 Å². The SMILES string of the molecule is CC(NC(=O)c1ccc(S)cc1)C1CCCC1. The third-order valence-electron chi connectivity index (χ3n) is 3.60. The second kappa shape index (κ2) is 5.58. The van der Waals surface area contributed by atoms with E-state index in [4.69, 9.17) is 0 Å². The van der Waals surface area contributed by atoms with E-state index in [1.165, 1.54) is 25.7 Å². The van der Waals surface area contributed by atoms with Crippen LogP contribution in [-0.2, 0) is 0 Å². The van der Waals surface area contributed by atoms with E-state index in [9.17, 15) is 4.79 Å². The van der Waals surface area contributed by atoms with Crippen molar-refractivity contribution < 1.29 is 4.79 Å². The van der Waals surface area contributed by atoms with Crippen LogP contribution in [0.2, 0.25) is 0 Å². The lowest BCUT2D eigenvalue weighted by atomic mass is 9.99. The predicted octanol–water partition coefficient (Wildman–Crippen LogP) is 3.28. The summed E-state index contributed by atoms with van der Waals surface area (Å²) < 4.78 is 0. The fourth-order valence-electron chi connectivity index (χ4n) is 2.48. The Hall–Kier alpha value is -0.960. The first kappa shape index (κ1) is 12.5. The summed E-state index contributed by atoms with van der Waals surface area (Å²) in [5.41, 5.74) is 0.715. The van der Waals surface area contributed by atoms with Gasteiger partial charge in [0.05, 0.1) is 0 Å². The molecule has 0 spiro atoms. The molecule has 1 unspecified atom stereocenters. The molecule has 17 heavy (non-hydrogen) atoms. The van der Waals surface area contributed by atoms with Crippen LogP contribution in [0.5, 0.6) is 0 Å². The van der Waals surface area contributed by atoms with Crippen LogP contribution in [0.1, 0.15) is 43.0 Å². The zero-order valence-electron chi connectivity index (χ0n) is 10.1. The van der Waals surface area contributed by atoms with Gasteiger partial charge in [-0.05, 0) is 49.9 Å². The molecule has 1 atom stereocenters. The predicted molar refractivity (Wildman–Crippen MR) is 72.6 cm³/mol. The van der Waals surface area contributed by atoms with Crippen molar-refractivity contribution in [2.45, 2.75) is 43.5 Å². The summed E-state index contributed by atoms with van der Waals surface area (Å²) >= 11 is 4.21. The van der Waals surface area contributed by atoms with Crippen molar-refractivity contribution >= 4 is 18.5 Å². The zero-order valence-corrected chi connectivity index (χ0v) is 11.0. The lowest BCUT2D eigenvalue weighted by Crippen LogP contribution is -2.37. The largest absolute Gasteiger partial charge is 0.349 e. The summed E-state index contributed by atoms with van der Waals surface area (Å²) in [6, 6.07) is 7.61. The van der Waals surface area contributed by atoms with Crippen molar-refractivity contribution in [3.8, 4) is 0 Å². The molecule has 0 aliphatic heterocycles. The van der Waals surface area contributed by atoms with Crippen LogP contribution in [0.4, 0.5) is 0 Å². The molecule has 2 nitrogen and oxygen atoms in total. The quantitative estimate of drug-likeness (QED) is 0.791. The van der Waals surface area contributed by atoms with Gasteiger partial charge in [0.1, 0.15) is 0 Å². The van der Waals surface area contributed by atoms with Gasteiger partial charge >= 0.3 is 0 Å². The Morgan fingerprint density at radius 3 is 2.47 bits per heavy atom. The van der Waals surface area contributed by atoms with Crippen molar-refractivity contribution in [1.29, 1.82) is 0 Å². The normalized spacial score (nSPS) is 18.0. The van der Waals surface area contributed by atoms with Crippen LogP contribution in [-0.4, -0.2) is 11.9 Å². The monoisotopic (exact) mass is 249 g/mol. The summed E-state index contributed by atoms with van der Waals surface area (Å²) in [5, 5.41) is 3.09. The van der Waals surface area contributed by atoms with Crippen LogP contribution in [0, 0.1) is 5.92 Å². The molecule has 2 rings (SSSR count). The minimum atomic E-state index is 0.0257. The number of benzene rings is 1. The van der Waals surface area contributed by atoms with Crippen LogP contribution in [0.15, 0.2) is 29.2 Å². The third-order valence-corrected chi connectivity index (χ3v) is 3.89. The molecule has 3 heteroatoms. The first-order valence-electron chi connectivity index (χ1n) is 6.26. The first-order chi connectivity index (χ1) is 8.16. The number of rotatable bonds is 3. The maximum absolute atomic E-state index is 12.0. The Morgan fingerprint density at radius 2 is 1.88 bits per heavy atom. The fourth-order valence-corrected chi connectivity index (χ4v) is 2.63. The molecule has 1 N–H and O–H groups in total. The Balaban J connectivity index is 1.94. The summed E-state index contributed by atoms with van der Waals surface area (Å²) in [6.07, 6.45) is 5.10. The molecular formula is C14H19NOS. The maximum atomic E-state index is 12.0. The average Bonchev–Trinajstić information content (AvgIpc) is 2.83. The van der Waals surface area contributed by atoms with Crippen LogP contribution >= 0.6 is 12.6 Å². The Morgan fingerprint density at radius 1 is 1.29 bits per heavy atom. The van der Waals surface area contributed by atoms with Gasteiger partial charge in [-0.15, -0.1) is 12.6 Å². The van der Waals surface area contributed by atoms with E-state index < -0.39 is 0 Å². The highest BCUT2D eigenvalue weighted by molar-refractivity contribution is 7.80. The van der Waals surface area contributed by atoms with Crippen LogP contribution < -0.4 is 5.32 Å². The number of thiol groups is 1. The molecule has 1 aliphatic rings. The lowest BCUT2D eigenvalue weighted by molar-refractivity contribution is 0.0927. The van der Waals surface area contributed by atoms with E-state index in [1.54, 1.807) is 0 Å². The molecule has 1 aliphatic carbocycles. The second-order valence-corrected chi connectivity index (χ2v) is 5.37. The number of nitrogens with one attached hydrogen (secondary N) is 1. The minimum absolute atomic E-state index is 0.0257. The van der Waals surface area contributed by atoms with E-state index in [0.29, 0.717) is 11.5 Å². The zero-order chi connectivity index (χ0) is 12.3. The van der Waals surface area contributed by atoms with Gasteiger partial charge in [-0.3, -0.25) is 4.79 Å². The lowest BCUT2D eigenvalue weighted by Gasteiger charge is -2.20. The number of hydrogen-bond acceptors (Lipinski definition) is 2. The molecule has 92 valence electrons. The summed E-state index contributed by atoms with van der Waals surface area (Å²) in [5.74, 6) is 0.681. The molecule has 0 heterocycles. The second-order valence-electron chi connectivity index (χ2n) is 4.85. The maximum Gasteiger partial charge on any atom is 0.251 e. The third kappa shape index (κ3) is 3.25. The number of amides is 1. The van der Waals surface area contributed by atoms with Crippen LogP contribution in [0.3, 0.4) is 0 Å². The van der Waals surface area contributed by atoms with Crippen molar-refractivity contribution in [3.05, 3.63) is 29.8 Å². The highest BCUT2D eigenvalue weighted by Gasteiger charge is 2.22. The highest BCUT2D eigenvalue weighted by atomic mass is 32.1. The van der Waals surface area contributed by atoms with Gasteiger partial charge in [0.25, 0.3) is 5.91 Å². The Bertz CT molecular complexity index is 382.